The molecule has 3 nitrogen and oxygen atoms in total. The first-order valence-corrected chi connectivity index (χ1v) is 6.12. The van der Waals surface area contributed by atoms with Gasteiger partial charge < -0.3 is 9.64 Å². The number of halogens is 2. The van der Waals surface area contributed by atoms with Crippen LogP contribution in [0.1, 0.15) is 6.42 Å². The molecule has 1 atom stereocenters. The Morgan fingerprint density at radius 3 is 2.88 bits per heavy atom. The molecule has 0 N–H and O–H groups in total. The normalized spacial score (nSPS) is 20.3. The van der Waals surface area contributed by atoms with E-state index >= 15 is 0 Å². The molecule has 0 saturated carbocycles. The van der Waals surface area contributed by atoms with Crippen molar-refractivity contribution in [3.63, 3.8) is 0 Å². The Balaban J connectivity index is 2.36. The molecular formula is C11H11BrClNO2. The van der Waals surface area contributed by atoms with E-state index in [-0.39, 0.29) is 11.3 Å². The van der Waals surface area contributed by atoms with Crippen LogP contribution in [-0.4, -0.2) is 24.9 Å². The minimum Gasteiger partial charge on any atom is -0.495 e. The summed E-state index contributed by atoms with van der Waals surface area (Å²) in [6.07, 6.45) is 0.390. The average molecular weight is 305 g/mol. The van der Waals surface area contributed by atoms with Gasteiger partial charge in [-0.3, -0.25) is 4.79 Å². The van der Waals surface area contributed by atoms with Crippen LogP contribution in [0.5, 0.6) is 5.75 Å². The van der Waals surface area contributed by atoms with Gasteiger partial charge in [-0.15, -0.1) is 11.6 Å². The van der Waals surface area contributed by atoms with Crippen LogP contribution in [0.3, 0.4) is 0 Å². The first-order chi connectivity index (χ1) is 7.61. The summed E-state index contributed by atoms with van der Waals surface area (Å²) in [5.41, 5.74) is 0.777. The van der Waals surface area contributed by atoms with Crippen LogP contribution in [-0.2, 0) is 4.79 Å². The van der Waals surface area contributed by atoms with E-state index in [4.69, 9.17) is 16.3 Å². The van der Waals surface area contributed by atoms with Crippen molar-refractivity contribution in [2.45, 2.75) is 11.8 Å². The van der Waals surface area contributed by atoms with Crippen molar-refractivity contribution >= 4 is 39.1 Å². The van der Waals surface area contributed by atoms with Gasteiger partial charge >= 0.3 is 0 Å². The summed E-state index contributed by atoms with van der Waals surface area (Å²) in [5.74, 6) is 0.717. The fraction of sp³-hybridized carbons (Fsp3) is 0.364. The van der Waals surface area contributed by atoms with Crippen LogP contribution in [0, 0.1) is 0 Å². The molecule has 86 valence electrons. The molecule has 1 aromatic carbocycles. The SMILES string of the molecule is COc1cc(Br)ccc1N1CC(Cl)CC1=O. The molecule has 0 spiro atoms. The smallest absolute Gasteiger partial charge is 0.228 e. The number of alkyl halides is 1. The van der Waals surface area contributed by atoms with Gasteiger partial charge in [-0.05, 0) is 18.2 Å². The Labute approximate surface area is 107 Å². The lowest BCUT2D eigenvalue weighted by Gasteiger charge is -2.19. The van der Waals surface area contributed by atoms with E-state index in [0.29, 0.717) is 18.7 Å². The molecular weight excluding hydrogens is 293 g/mol. The summed E-state index contributed by atoms with van der Waals surface area (Å²) in [6, 6.07) is 5.58. The summed E-state index contributed by atoms with van der Waals surface area (Å²) in [5, 5.41) is -0.110. The molecule has 1 unspecified atom stereocenters. The summed E-state index contributed by atoms with van der Waals surface area (Å²) in [7, 11) is 1.59. The first kappa shape index (κ1) is 11.7. The van der Waals surface area contributed by atoms with Crippen molar-refractivity contribution in [2.75, 3.05) is 18.6 Å². The number of hydrogen-bond donors (Lipinski definition) is 0. The maximum atomic E-state index is 11.7. The second kappa shape index (κ2) is 4.63. The Kier molecular flexibility index (Phi) is 3.40. The molecule has 0 bridgehead atoms. The van der Waals surface area contributed by atoms with Crippen LogP contribution in [0.4, 0.5) is 5.69 Å². The quantitative estimate of drug-likeness (QED) is 0.786. The number of carbonyl (C=O) groups excluding carboxylic acids is 1. The van der Waals surface area contributed by atoms with Gasteiger partial charge in [-0.2, -0.15) is 0 Å². The minimum absolute atomic E-state index is 0.0422. The number of hydrogen-bond acceptors (Lipinski definition) is 2. The molecule has 1 aromatic rings. The van der Waals surface area contributed by atoms with Crippen molar-refractivity contribution in [1.82, 2.24) is 0 Å². The standard InChI is InChI=1S/C11H11BrClNO2/c1-16-10-4-7(12)2-3-9(10)14-6-8(13)5-11(14)15/h2-4,8H,5-6H2,1H3. The first-order valence-electron chi connectivity index (χ1n) is 4.90. The lowest BCUT2D eigenvalue weighted by Crippen LogP contribution is -2.25. The lowest BCUT2D eigenvalue weighted by atomic mass is 10.2. The van der Waals surface area contributed by atoms with E-state index in [2.05, 4.69) is 15.9 Å². The fourth-order valence-electron chi connectivity index (χ4n) is 1.77. The Hall–Kier alpha value is -0.740. The van der Waals surface area contributed by atoms with Crippen LogP contribution in [0.2, 0.25) is 0 Å². The molecule has 1 heterocycles. The molecule has 1 aliphatic heterocycles. The van der Waals surface area contributed by atoms with Gasteiger partial charge in [0, 0.05) is 17.4 Å². The average Bonchev–Trinajstić information content (AvgIpc) is 2.57. The summed E-state index contributed by atoms with van der Waals surface area (Å²) < 4.78 is 6.17. The molecule has 0 aromatic heterocycles. The molecule has 5 heteroatoms. The number of anilines is 1. The predicted molar refractivity (Wildman–Crippen MR) is 67.3 cm³/mol. The summed E-state index contributed by atoms with van der Waals surface area (Å²) >= 11 is 9.33. The van der Waals surface area contributed by atoms with Crippen molar-refractivity contribution in [3.05, 3.63) is 22.7 Å². The maximum Gasteiger partial charge on any atom is 0.228 e. The van der Waals surface area contributed by atoms with Gasteiger partial charge in [0.15, 0.2) is 0 Å². The zero-order valence-electron chi connectivity index (χ0n) is 8.74. The highest BCUT2D eigenvalue weighted by atomic mass is 79.9. The Morgan fingerprint density at radius 1 is 1.56 bits per heavy atom. The highest BCUT2D eigenvalue weighted by molar-refractivity contribution is 9.10. The van der Waals surface area contributed by atoms with Crippen molar-refractivity contribution < 1.29 is 9.53 Å². The number of rotatable bonds is 2. The van der Waals surface area contributed by atoms with Gasteiger partial charge in [0.25, 0.3) is 0 Å². The van der Waals surface area contributed by atoms with E-state index < -0.39 is 0 Å². The fourth-order valence-corrected chi connectivity index (χ4v) is 2.38. The largest absolute Gasteiger partial charge is 0.495 e. The Bertz CT molecular complexity index is 424. The minimum atomic E-state index is -0.110. The molecule has 0 aliphatic carbocycles. The predicted octanol–water partition coefficient (Wildman–Crippen LogP) is 2.80. The van der Waals surface area contributed by atoms with Gasteiger partial charge in [-0.25, -0.2) is 0 Å². The zero-order valence-corrected chi connectivity index (χ0v) is 11.1. The molecule has 2 rings (SSSR count). The number of nitrogens with zero attached hydrogens (tertiary/aromatic N) is 1. The van der Waals surface area contributed by atoms with Gasteiger partial charge in [0.2, 0.25) is 5.91 Å². The monoisotopic (exact) mass is 303 g/mol. The number of benzene rings is 1. The van der Waals surface area contributed by atoms with Crippen molar-refractivity contribution in [1.29, 1.82) is 0 Å². The molecule has 1 aliphatic rings. The lowest BCUT2D eigenvalue weighted by molar-refractivity contribution is -0.117. The number of methoxy groups -OCH3 is 1. The Morgan fingerprint density at radius 2 is 2.31 bits per heavy atom. The second-order valence-corrected chi connectivity index (χ2v) is 5.15. The van der Waals surface area contributed by atoms with Crippen LogP contribution in [0.25, 0.3) is 0 Å². The third-order valence-electron chi connectivity index (χ3n) is 2.51. The molecule has 1 fully saturated rings. The van der Waals surface area contributed by atoms with Crippen LogP contribution >= 0.6 is 27.5 Å². The molecule has 0 radical (unpaired) electrons. The number of carbonyl (C=O) groups is 1. The maximum absolute atomic E-state index is 11.7. The molecule has 16 heavy (non-hydrogen) atoms. The highest BCUT2D eigenvalue weighted by Crippen LogP contribution is 2.34. The molecule has 1 saturated heterocycles. The van der Waals surface area contributed by atoms with E-state index in [1.54, 1.807) is 12.0 Å². The molecule has 1 amide bonds. The highest BCUT2D eigenvalue weighted by Gasteiger charge is 2.30. The third-order valence-corrected chi connectivity index (χ3v) is 3.30. The third kappa shape index (κ3) is 2.18. The van der Waals surface area contributed by atoms with E-state index in [1.807, 2.05) is 18.2 Å². The van der Waals surface area contributed by atoms with Crippen molar-refractivity contribution in [2.24, 2.45) is 0 Å². The van der Waals surface area contributed by atoms with Crippen LogP contribution in [0.15, 0.2) is 22.7 Å². The zero-order chi connectivity index (χ0) is 11.7. The van der Waals surface area contributed by atoms with Crippen LogP contribution < -0.4 is 9.64 Å². The summed E-state index contributed by atoms with van der Waals surface area (Å²) in [6.45, 7) is 0.540. The van der Waals surface area contributed by atoms with Gasteiger partial charge in [0.05, 0.1) is 18.2 Å². The van der Waals surface area contributed by atoms with Gasteiger partial charge in [-0.1, -0.05) is 15.9 Å². The number of amides is 1. The van der Waals surface area contributed by atoms with E-state index in [1.165, 1.54) is 0 Å². The van der Waals surface area contributed by atoms with E-state index in [9.17, 15) is 4.79 Å². The second-order valence-electron chi connectivity index (χ2n) is 3.62. The number of ether oxygens (including phenoxy) is 1. The summed E-state index contributed by atoms with van der Waals surface area (Å²) in [4.78, 5) is 13.4. The van der Waals surface area contributed by atoms with Gasteiger partial charge in [0.1, 0.15) is 5.75 Å². The van der Waals surface area contributed by atoms with E-state index in [0.717, 1.165) is 10.2 Å². The topological polar surface area (TPSA) is 29.5 Å². The van der Waals surface area contributed by atoms with Crippen molar-refractivity contribution in [3.8, 4) is 5.75 Å².